The molecule has 0 aliphatic carbocycles. The lowest BCUT2D eigenvalue weighted by atomic mass is 10.1. The van der Waals surface area contributed by atoms with Crippen LogP contribution < -0.4 is 20.9 Å². The minimum Gasteiger partial charge on any atom is -0.350 e. The van der Waals surface area contributed by atoms with E-state index < -0.39 is 0 Å². The minimum atomic E-state index is -0.128. The van der Waals surface area contributed by atoms with E-state index in [1.807, 2.05) is 20.0 Å². The summed E-state index contributed by atoms with van der Waals surface area (Å²) in [6.45, 7) is 3.93. The van der Waals surface area contributed by atoms with Crippen molar-refractivity contribution < 1.29 is 9.59 Å². The molecular formula is C15H22N4O2. The smallest absolute Gasteiger partial charge is 0.321 e. The Bertz CT molecular complexity index is 518. The molecule has 1 fully saturated rings. The average Bonchev–Trinajstić information content (AvgIpc) is 2.52. The van der Waals surface area contributed by atoms with Crippen molar-refractivity contribution in [3.05, 3.63) is 29.8 Å². The summed E-state index contributed by atoms with van der Waals surface area (Å²) in [5.41, 5.74) is 1.32. The number of likely N-dealkylation sites (N-methyl/N-ethyl adjacent to an activating group) is 1. The molecule has 1 saturated heterocycles. The number of benzene rings is 1. The fourth-order valence-electron chi connectivity index (χ4n) is 2.14. The molecule has 0 bridgehead atoms. The van der Waals surface area contributed by atoms with Crippen LogP contribution >= 0.6 is 0 Å². The largest absolute Gasteiger partial charge is 0.350 e. The van der Waals surface area contributed by atoms with Crippen molar-refractivity contribution in [2.24, 2.45) is 0 Å². The number of nitrogens with one attached hydrogen (secondary N) is 3. The molecule has 0 radical (unpaired) electrons. The third kappa shape index (κ3) is 3.95. The molecule has 1 heterocycles. The molecule has 1 unspecified atom stereocenters. The number of hydrogen-bond acceptors (Lipinski definition) is 3. The van der Waals surface area contributed by atoms with Crippen LogP contribution in [0.25, 0.3) is 0 Å². The Balaban J connectivity index is 2.06. The lowest BCUT2D eigenvalue weighted by Gasteiger charge is -2.27. The molecule has 114 valence electrons. The highest BCUT2D eigenvalue weighted by atomic mass is 16.2. The van der Waals surface area contributed by atoms with E-state index in [2.05, 4.69) is 16.0 Å². The Morgan fingerprint density at radius 1 is 1.48 bits per heavy atom. The number of hydrogen-bond donors (Lipinski definition) is 3. The molecule has 3 N–H and O–H groups in total. The van der Waals surface area contributed by atoms with Gasteiger partial charge in [-0.05, 0) is 38.6 Å². The zero-order valence-corrected chi connectivity index (χ0v) is 12.5. The maximum atomic E-state index is 12.1. The maximum absolute atomic E-state index is 12.1. The van der Waals surface area contributed by atoms with E-state index in [0.29, 0.717) is 25.2 Å². The molecule has 1 aliphatic heterocycles. The second kappa shape index (κ2) is 7.08. The fourth-order valence-corrected chi connectivity index (χ4v) is 2.14. The zero-order chi connectivity index (χ0) is 15.2. The SMILES string of the molecule is CNC(C)CNC(=O)c1cccc(N2CCCNC2=O)c1. The quantitative estimate of drug-likeness (QED) is 0.756. The predicted molar refractivity (Wildman–Crippen MR) is 82.7 cm³/mol. The average molecular weight is 290 g/mol. The van der Waals surface area contributed by atoms with Gasteiger partial charge in [0.25, 0.3) is 5.91 Å². The van der Waals surface area contributed by atoms with Gasteiger partial charge in [-0.2, -0.15) is 0 Å². The molecule has 1 aliphatic rings. The molecule has 1 aromatic carbocycles. The van der Waals surface area contributed by atoms with Crippen molar-refractivity contribution >= 4 is 17.6 Å². The van der Waals surface area contributed by atoms with E-state index >= 15 is 0 Å². The summed E-state index contributed by atoms with van der Waals surface area (Å²) < 4.78 is 0. The van der Waals surface area contributed by atoms with Gasteiger partial charge in [0.15, 0.2) is 0 Å². The van der Waals surface area contributed by atoms with Gasteiger partial charge in [0.2, 0.25) is 0 Å². The molecule has 6 heteroatoms. The van der Waals surface area contributed by atoms with Crippen LogP contribution in [0.1, 0.15) is 23.7 Å². The number of rotatable bonds is 5. The van der Waals surface area contributed by atoms with E-state index in [0.717, 1.165) is 12.1 Å². The van der Waals surface area contributed by atoms with Crippen LogP contribution in [-0.4, -0.2) is 44.7 Å². The Morgan fingerprint density at radius 2 is 2.29 bits per heavy atom. The summed E-state index contributed by atoms with van der Waals surface area (Å²) in [6.07, 6.45) is 0.905. The summed E-state index contributed by atoms with van der Waals surface area (Å²) in [5, 5.41) is 8.74. The van der Waals surface area contributed by atoms with Gasteiger partial charge in [-0.15, -0.1) is 0 Å². The Morgan fingerprint density at radius 3 is 3.00 bits per heavy atom. The fraction of sp³-hybridized carbons (Fsp3) is 0.467. The number of carbonyl (C=O) groups excluding carboxylic acids is 2. The molecule has 3 amide bonds. The van der Waals surface area contributed by atoms with E-state index in [4.69, 9.17) is 0 Å². The zero-order valence-electron chi connectivity index (χ0n) is 12.5. The van der Waals surface area contributed by atoms with Crippen molar-refractivity contribution in [3.8, 4) is 0 Å². The van der Waals surface area contributed by atoms with Gasteiger partial charge in [0, 0.05) is 36.9 Å². The van der Waals surface area contributed by atoms with Crippen LogP contribution in [0.2, 0.25) is 0 Å². The highest BCUT2D eigenvalue weighted by Gasteiger charge is 2.20. The molecule has 1 atom stereocenters. The number of amides is 3. The first kappa shape index (κ1) is 15.3. The molecule has 0 aromatic heterocycles. The number of nitrogens with zero attached hydrogens (tertiary/aromatic N) is 1. The Hall–Kier alpha value is -2.08. The summed E-state index contributed by atoms with van der Waals surface area (Å²) in [5.74, 6) is -0.128. The number of carbonyl (C=O) groups is 2. The van der Waals surface area contributed by atoms with Crippen LogP contribution in [0.3, 0.4) is 0 Å². The summed E-state index contributed by atoms with van der Waals surface area (Å²) in [6, 6.07) is 7.26. The van der Waals surface area contributed by atoms with Crippen LogP contribution in [0.15, 0.2) is 24.3 Å². The first-order valence-electron chi connectivity index (χ1n) is 7.22. The maximum Gasteiger partial charge on any atom is 0.321 e. The van der Waals surface area contributed by atoms with E-state index in [9.17, 15) is 9.59 Å². The molecule has 0 saturated carbocycles. The molecule has 1 aromatic rings. The van der Waals surface area contributed by atoms with Crippen molar-refractivity contribution in [1.82, 2.24) is 16.0 Å². The number of anilines is 1. The van der Waals surface area contributed by atoms with Crippen LogP contribution in [0.5, 0.6) is 0 Å². The van der Waals surface area contributed by atoms with Crippen molar-refractivity contribution in [1.29, 1.82) is 0 Å². The van der Waals surface area contributed by atoms with Gasteiger partial charge in [-0.25, -0.2) is 4.79 Å². The van der Waals surface area contributed by atoms with Gasteiger partial charge in [0.1, 0.15) is 0 Å². The van der Waals surface area contributed by atoms with Gasteiger partial charge >= 0.3 is 6.03 Å². The van der Waals surface area contributed by atoms with Crippen molar-refractivity contribution in [2.45, 2.75) is 19.4 Å². The normalized spacial score (nSPS) is 16.3. The number of urea groups is 1. The predicted octanol–water partition coefficient (Wildman–Crippen LogP) is 0.944. The minimum absolute atomic E-state index is 0.109. The Kier molecular flexibility index (Phi) is 5.16. The molecule has 0 spiro atoms. The van der Waals surface area contributed by atoms with Gasteiger partial charge in [-0.1, -0.05) is 6.07 Å². The van der Waals surface area contributed by atoms with Crippen LogP contribution in [-0.2, 0) is 0 Å². The Labute approximate surface area is 124 Å². The van der Waals surface area contributed by atoms with E-state index in [-0.39, 0.29) is 18.0 Å². The van der Waals surface area contributed by atoms with Crippen LogP contribution in [0.4, 0.5) is 10.5 Å². The van der Waals surface area contributed by atoms with Gasteiger partial charge in [0.05, 0.1) is 0 Å². The summed E-state index contributed by atoms with van der Waals surface area (Å²) in [7, 11) is 1.85. The highest BCUT2D eigenvalue weighted by molar-refractivity contribution is 5.97. The van der Waals surface area contributed by atoms with Gasteiger partial charge < -0.3 is 16.0 Å². The monoisotopic (exact) mass is 290 g/mol. The van der Waals surface area contributed by atoms with E-state index in [1.165, 1.54) is 0 Å². The van der Waals surface area contributed by atoms with Crippen molar-refractivity contribution in [2.75, 3.05) is 31.6 Å². The lowest BCUT2D eigenvalue weighted by molar-refractivity contribution is 0.0950. The molecular weight excluding hydrogens is 268 g/mol. The van der Waals surface area contributed by atoms with Gasteiger partial charge in [-0.3, -0.25) is 9.69 Å². The molecule has 2 rings (SSSR count). The standard InChI is InChI=1S/C15H22N4O2/c1-11(16-2)10-18-14(20)12-5-3-6-13(9-12)19-8-4-7-17-15(19)21/h3,5-6,9,11,16H,4,7-8,10H2,1-2H3,(H,17,21)(H,18,20). The topological polar surface area (TPSA) is 73.5 Å². The summed E-state index contributed by atoms with van der Waals surface area (Å²) in [4.78, 5) is 25.6. The second-order valence-corrected chi connectivity index (χ2v) is 5.19. The molecule has 21 heavy (non-hydrogen) atoms. The van der Waals surface area contributed by atoms with E-state index in [1.54, 1.807) is 23.1 Å². The molecule has 6 nitrogen and oxygen atoms in total. The lowest BCUT2D eigenvalue weighted by Crippen LogP contribution is -2.46. The first-order valence-corrected chi connectivity index (χ1v) is 7.22. The second-order valence-electron chi connectivity index (χ2n) is 5.19. The van der Waals surface area contributed by atoms with Crippen molar-refractivity contribution in [3.63, 3.8) is 0 Å². The first-order chi connectivity index (χ1) is 10.1. The van der Waals surface area contributed by atoms with Crippen LogP contribution in [0, 0.1) is 0 Å². The highest BCUT2D eigenvalue weighted by Crippen LogP contribution is 2.18. The summed E-state index contributed by atoms with van der Waals surface area (Å²) >= 11 is 0. The third-order valence-electron chi connectivity index (χ3n) is 3.56. The third-order valence-corrected chi connectivity index (χ3v) is 3.56.